The first kappa shape index (κ1) is 30.4. The van der Waals surface area contributed by atoms with Gasteiger partial charge in [-0.05, 0) is 127 Å². The molecule has 0 heterocycles. The number of hydrogen-bond donors (Lipinski definition) is 1. The van der Waals surface area contributed by atoms with Crippen LogP contribution >= 0.6 is 0 Å². The Labute approximate surface area is 214 Å². The van der Waals surface area contributed by atoms with E-state index in [9.17, 15) is 0 Å². The minimum absolute atomic E-state index is 0.115. The van der Waals surface area contributed by atoms with Crippen LogP contribution in [0.1, 0.15) is 114 Å². The number of hydrogen-bond acceptors (Lipinski definition) is 1. The first-order valence-electron chi connectivity index (χ1n) is 13.6. The molecule has 34 heavy (non-hydrogen) atoms. The van der Waals surface area contributed by atoms with Gasteiger partial charge in [0.1, 0.15) is 0 Å². The molecule has 0 amide bonds. The maximum Gasteiger partial charge on any atom is 0.0286 e. The Morgan fingerprint density at radius 1 is 0.971 bits per heavy atom. The van der Waals surface area contributed by atoms with Crippen molar-refractivity contribution in [1.82, 2.24) is 5.32 Å². The molecule has 7 atom stereocenters. The average Bonchev–Trinajstić information content (AvgIpc) is 3.13. The first-order valence-corrected chi connectivity index (χ1v) is 13.6. The van der Waals surface area contributed by atoms with E-state index in [0.717, 1.165) is 23.7 Å². The predicted octanol–water partition coefficient (Wildman–Crippen LogP) is 9.02. The van der Waals surface area contributed by atoms with E-state index in [1.807, 2.05) is 13.8 Å². The third kappa shape index (κ3) is 6.75. The van der Waals surface area contributed by atoms with Gasteiger partial charge in [-0.25, -0.2) is 0 Å². The van der Waals surface area contributed by atoms with Crippen LogP contribution in [0.2, 0.25) is 0 Å². The molecule has 1 heteroatoms. The predicted molar refractivity (Wildman–Crippen MR) is 152 cm³/mol. The molecule has 0 aliphatic heterocycles. The molecule has 3 fully saturated rings. The lowest BCUT2D eigenvalue weighted by Crippen LogP contribution is -2.52. The van der Waals surface area contributed by atoms with Gasteiger partial charge in [-0.1, -0.05) is 32.9 Å². The average molecular weight is 466 g/mol. The molecule has 3 aliphatic carbocycles. The van der Waals surface area contributed by atoms with Gasteiger partial charge < -0.3 is 5.32 Å². The van der Waals surface area contributed by atoms with Crippen molar-refractivity contribution in [3.05, 3.63) is 24.4 Å². The molecule has 0 bridgehead atoms. The Morgan fingerprint density at radius 2 is 1.56 bits per heavy atom. The fraction of sp³-hybridized carbons (Fsp3) is 0.758. The summed E-state index contributed by atoms with van der Waals surface area (Å²) in [7, 11) is 0. The van der Waals surface area contributed by atoms with Crippen molar-refractivity contribution >= 4 is 0 Å². The van der Waals surface area contributed by atoms with Crippen LogP contribution in [-0.2, 0) is 0 Å². The van der Waals surface area contributed by atoms with E-state index in [-0.39, 0.29) is 5.54 Å². The lowest BCUT2D eigenvalue weighted by atomic mass is 9.46. The molecular formula is C33H55N. The van der Waals surface area contributed by atoms with E-state index in [2.05, 4.69) is 91.6 Å². The molecule has 3 aliphatic rings. The summed E-state index contributed by atoms with van der Waals surface area (Å²) >= 11 is 0. The normalized spacial score (nSPS) is 36.0. The standard InChI is InChI=1S/C27H47N.C4H6.C2H2/c1-18(2)14-16-26(8)19(3)10-11-21-23-13-12-22(20(4)28-25(5,6)7)27(23,9)17-15-24(21)26;1-3-4-2;1-2/h19,21-24,28H,1,4,10-17H2,2-3,5-9H3;1-2H3;1-2H. The molecular weight excluding hydrogens is 410 g/mol. The third-order valence-corrected chi connectivity index (χ3v) is 9.64. The van der Waals surface area contributed by atoms with E-state index in [0.29, 0.717) is 16.7 Å². The number of terminal acetylenes is 1. The van der Waals surface area contributed by atoms with Crippen molar-refractivity contribution < 1.29 is 0 Å². The number of allylic oxidation sites excluding steroid dienone is 2. The summed E-state index contributed by atoms with van der Waals surface area (Å²) in [4.78, 5) is 0. The van der Waals surface area contributed by atoms with Gasteiger partial charge in [-0.15, -0.1) is 31.3 Å². The van der Waals surface area contributed by atoms with Crippen LogP contribution in [0.25, 0.3) is 0 Å². The summed E-state index contributed by atoms with van der Waals surface area (Å²) in [6.45, 7) is 29.2. The minimum atomic E-state index is 0.115. The van der Waals surface area contributed by atoms with Gasteiger partial charge in [-0.3, -0.25) is 0 Å². The lowest BCUT2D eigenvalue weighted by Gasteiger charge is -2.59. The largest absolute Gasteiger partial charge is 0.384 e. The highest BCUT2D eigenvalue weighted by Crippen LogP contribution is 2.66. The third-order valence-electron chi connectivity index (χ3n) is 9.64. The maximum absolute atomic E-state index is 4.53. The van der Waals surface area contributed by atoms with E-state index in [1.54, 1.807) is 0 Å². The molecule has 0 radical (unpaired) electrons. The topological polar surface area (TPSA) is 12.0 Å². The second-order valence-corrected chi connectivity index (χ2v) is 12.9. The zero-order chi connectivity index (χ0) is 26.3. The van der Waals surface area contributed by atoms with Crippen LogP contribution in [0.5, 0.6) is 0 Å². The SMILES string of the molecule is C#C.C=C(C)CCC1(C)C(C)CCC2C1CCC1(C)C(C(=C)NC(C)(C)C)CCC21.CC#CC. The quantitative estimate of drug-likeness (QED) is 0.315. The Balaban J connectivity index is 0.000000872. The summed E-state index contributed by atoms with van der Waals surface area (Å²) in [5, 5.41) is 3.74. The van der Waals surface area contributed by atoms with Crippen molar-refractivity contribution in [3.8, 4) is 24.7 Å². The van der Waals surface area contributed by atoms with Gasteiger partial charge in [0.25, 0.3) is 0 Å². The summed E-state index contributed by atoms with van der Waals surface area (Å²) in [5.74, 6) is 9.60. The highest BCUT2D eigenvalue weighted by Gasteiger charge is 2.59. The van der Waals surface area contributed by atoms with Gasteiger partial charge >= 0.3 is 0 Å². The van der Waals surface area contributed by atoms with Gasteiger partial charge in [0, 0.05) is 17.2 Å². The Bertz CT molecular complexity index is 762. The highest BCUT2D eigenvalue weighted by molar-refractivity contribution is 5.16. The lowest BCUT2D eigenvalue weighted by molar-refractivity contribution is -0.0926. The molecule has 0 spiro atoms. The molecule has 0 aromatic heterocycles. The number of nitrogens with one attached hydrogen (secondary N) is 1. The van der Waals surface area contributed by atoms with Crippen molar-refractivity contribution in [3.63, 3.8) is 0 Å². The summed E-state index contributed by atoms with van der Waals surface area (Å²) in [6, 6.07) is 0. The van der Waals surface area contributed by atoms with Crippen molar-refractivity contribution in [1.29, 1.82) is 0 Å². The molecule has 3 saturated carbocycles. The number of rotatable bonds is 5. The molecule has 192 valence electrons. The fourth-order valence-electron chi connectivity index (χ4n) is 7.70. The zero-order valence-electron chi connectivity index (χ0n) is 24.1. The molecule has 3 rings (SSSR count). The van der Waals surface area contributed by atoms with Crippen molar-refractivity contribution in [2.45, 2.75) is 119 Å². The van der Waals surface area contributed by atoms with Crippen LogP contribution in [-0.4, -0.2) is 5.54 Å². The molecule has 0 aromatic carbocycles. The molecule has 7 unspecified atom stereocenters. The van der Waals surface area contributed by atoms with Gasteiger partial charge in [0.2, 0.25) is 0 Å². The summed E-state index contributed by atoms with van der Waals surface area (Å²) in [5.41, 5.74) is 3.74. The van der Waals surface area contributed by atoms with E-state index in [1.165, 1.54) is 62.6 Å². The van der Waals surface area contributed by atoms with Gasteiger partial charge in [0.05, 0.1) is 0 Å². The van der Waals surface area contributed by atoms with E-state index < -0.39 is 0 Å². The molecule has 1 N–H and O–H groups in total. The number of fused-ring (bicyclic) bond motifs is 3. The zero-order valence-corrected chi connectivity index (χ0v) is 24.1. The van der Waals surface area contributed by atoms with E-state index >= 15 is 0 Å². The van der Waals surface area contributed by atoms with Crippen LogP contribution in [0.3, 0.4) is 0 Å². The van der Waals surface area contributed by atoms with Gasteiger partial charge in [-0.2, -0.15) is 0 Å². The Hall–Kier alpha value is -1.60. The van der Waals surface area contributed by atoms with Crippen LogP contribution < -0.4 is 5.32 Å². The van der Waals surface area contributed by atoms with Crippen molar-refractivity contribution in [2.24, 2.45) is 40.4 Å². The second-order valence-electron chi connectivity index (χ2n) is 12.9. The monoisotopic (exact) mass is 465 g/mol. The van der Waals surface area contributed by atoms with Crippen molar-refractivity contribution in [2.75, 3.05) is 0 Å². The smallest absolute Gasteiger partial charge is 0.0286 e. The highest BCUT2D eigenvalue weighted by atomic mass is 15.0. The molecule has 0 saturated heterocycles. The van der Waals surface area contributed by atoms with Crippen LogP contribution in [0.4, 0.5) is 0 Å². The Morgan fingerprint density at radius 3 is 2.06 bits per heavy atom. The van der Waals surface area contributed by atoms with Crippen LogP contribution in [0, 0.1) is 65.1 Å². The maximum atomic E-state index is 4.53. The molecule has 1 nitrogen and oxygen atoms in total. The second kappa shape index (κ2) is 12.4. The van der Waals surface area contributed by atoms with Crippen LogP contribution in [0.15, 0.2) is 24.4 Å². The van der Waals surface area contributed by atoms with E-state index in [4.69, 9.17) is 0 Å². The summed E-state index contributed by atoms with van der Waals surface area (Å²) in [6.07, 6.45) is 19.0. The summed E-state index contributed by atoms with van der Waals surface area (Å²) < 4.78 is 0. The minimum Gasteiger partial charge on any atom is -0.384 e. The first-order chi connectivity index (χ1) is 15.8. The molecule has 0 aromatic rings. The fourth-order valence-corrected chi connectivity index (χ4v) is 7.70. The Kier molecular flexibility index (Phi) is 11.1. The van der Waals surface area contributed by atoms with Gasteiger partial charge in [0.15, 0.2) is 0 Å².